The minimum Gasteiger partial charge on any atom is -0.376 e. The van der Waals surface area contributed by atoms with Gasteiger partial charge in [0, 0.05) is 33.8 Å². The average Bonchev–Trinajstić information content (AvgIpc) is 3.10. The molecule has 0 aliphatic carbocycles. The number of nitrogens with zero attached hydrogens (tertiary/aromatic N) is 4. The summed E-state index contributed by atoms with van der Waals surface area (Å²) in [5, 5.41) is 3.49. The summed E-state index contributed by atoms with van der Waals surface area (Å²) < 4.78 is 14.1. The molecule has 0 saturated carbocycles. The summed E-state index contributed by atoms with van der Waals surface area (Å²) >= 11 is 0. The number of aromatic nitrogens is 2. The fourth-order valence-electron chi connectivity index (χ4n) is 4.26. The van der Waals surface area contributed by atoms with E-state index in [0.717, 1.165) is 68.4 Å². The minimum absolute atomic E-state index is 0.296. The number of imidazole rings is 1. The number of nitrogens with one attached hydrogen (secondary N) is 1. The number of para-hydroxylation sites is 2. The SMILES string of the molecule is CN=C(NCc1nc2ccccc2n1C)N1CCC(OCC2CCCCO2)CC1. The maximum atomic E-state index is 6.14. The molecule has 2 aliphatic rings. The van der Waals surface area contributed by atoms with Crippen molar-refractivity contribution in [1.29, 1.82) is 0 Å². The number of piperidine rings is 1. The third-order valence-electron chi connectivity index (χ3n) is 6.03. The molecule has 2 aromatic rings. The molecule has 0 spiro atoms. The summed E-state index contributed by atoms with van der Waals surface area (Å²) in [6.45, 7) is 4.20. The third-order valence-corrected chi connectivity index (χ3v) is 6.03. The van der Waals surface area contributed by atoms with Crippen molar-refractivity contribution in [2.75, 3.05) is 33.4 Å². The number of guanidine groups is 1. The molecule has 2 aliphatic heterocycles. The van der Waals surface area contributed by atoms with E-state index in [1.807, 2.05) is 19.2 Å². The van der Waals surface area contributed by atoms with Crippen LogP contribution in [0.25, 0.3) is 11.0 Å². The lowest BCUT2D eigenvalue weighted by Crippen LogP contribution is -2.47. The van der Waals surface area contributed by atoms with Gasteiger partial charge in [-0.15, -0.1) is 0 Å². The number of likely N-dealkylation sites (tertiary alicyclic amines) is 1. The Morgan fingerprint density at radius 2 is 2.07 bits per heavy atom. The molecule has 0 amide bonds. The van der Waals surface area contributed by atoms with Crippen LogP contribution in [0.5, 0.6) is 0 Å². The van der Waals surface area contributed by atoms with Crippen LogP contribution in [0.3, 0.4) is 0 Å². The van der Waals surface area contributed by atoms with Crippen LogP contribution in [0.1, 0.15) is 37.9 Å². The molecule has 1 aromatic heterocycles. The smallest absolute Gasteiger partial charge is 0.194 e. The summed E-state index contributed by atoms with van der Waals surface area (Å²) in [6.07, 6.45) is 6.27. The molecule has 7 heteroatoms. The normalized spacial score (nSPS) is 21.7. The molecule has 158 valence electrons. The predicted molar refractivity (Wildman–Crippen MR) is 115 cm³/mol. The number of rotatable bonds is 5. The summed E-state index contributed by atoms with van der Waals surface area (Å²) in [7, 11) is 3.91. The van der Waals surface area contributed by atoms with E-state index in [-0.39, 0.29) is 0 Å². The predicted octanol–water partition coefficient (Wildman–Crippen LogP) is 2.70. The molecular formula is C22H33N5O2. The summed E-state index contributed by atoms with van der Waals surface area (Å²) in [6, 6.07) is 8.23. The van der Waals surface area contributed by atoms with Crippen molar-refractivity contribution in [3.63, 3.8) is 0 Å². The van der Waals surface area contributed by atoms with Crippen LogP contribution >= 0.6 is 0 Å². The van der Waals surface area contributed by atoms with Gasteiger partial charge in [0.15, 0.2) is 5.96 Å². The van der Waals surface area contributed by atoms with E-state index in [9.17, 15) is 0 Å². The highest BCUT2D eigenvalue weighted by molar-refractivity contribution is 5.80. The van der Waals surface area contributed by atoms with Crippen molar-refractivity contribution < 1.29 is 9.47 Å². The molecule has 1 aromatic carbocycles. The third kappa shape index (κ3) is 4.90. The molecule has 3 heterocycles. The zero-order chi connectivity index (χ0) is 20.1. The Hall–Kier alpha value is -2.12. The molecule has 1 atom stereocenters. The lowest BCUT2D eigenvalue weighted by molar-refractivity contribution is -0.0721. The Balaban J connectivity index is 1.25. The Labute approximate surface area is 173 Å². The standard InChI is InChI=1S/C22H33N5O2/c1-23-22(24-15-21-25-19-8-3-4-9-20(19)26(21)2)27-12-10-17(11-13-27)29-16-18-7-5-6-14-28-18/h3-4,8-9,17-18H,5-7,10-16H2,1-2H3,(H,23,24). The quantitative estimate of drug-likeness (QED) is 0.619. The van der Waals surface area contributed by atoms with Gasteiger partial charge in [-0.1, -0.05) is 12.1 Å². The number of ether oxygens (including phenoxy) is 2. The molecule has 0 bridgehead atoms. The van der Waals surface area contributed by atoms with Crippen LogP contribution in [-0.2, 0) is 23.1 Å². The first-order chi connectivity index (χ1) is 14.2. The summed E-state index contributed by atoms with van der Waals surface area (Å²) in [5.74, 6) is 1.95. The fraction of sp³-hybridized carbons (Fsp3) is 0.636. The molecule has 2 fully saturated rings. The number of hydrogen-bond donors (Lipinski definition) is 1. The minimum atomic E-state index is 0.296. The van der Waals surface area contributed by atoms with Gasteiger partial charge in [-0.05, 0) is 44.2 Å². The molecule has 7 nitrogen and oxygen atoms in total. The Kier molecular flexibility index (Phi) is 6.67. The molecule has 1 unspecified atom stereocenters. The van der Waals surface area contributed by atoms with E-state index in [1.54, 1.807) is 0 Å². The lowest BCUT2D eigenvalue weighted by atomic mass is 10.1. The lowest BCUT2D eigenvalue weighted by Gasteiger charge is -2.35. The summed E-state index contributed by atoms with van der Waals surface area (Å²) in [4.78, 5) is 11.5. The molecule has 29 heavy (non-hydrogen) atoms. The molecule has 1 N–H and O–H groups in total. The van der Waals surface area contributed by atoms with Crippen LogP contribution in [0.4, 0.5) is 0 Å². The zero-order valence-electron chi connectivity index (χ0n) is 17.6. The van der Waals surface area contributed by atoms with Gasteiger partial charge in [-0.2, -0.15) is 0 Å². The second-order valence-electron chi connectivity index (χ2n) is 7.98. The van der Waals surface area contributed by atoms with Crippen molar-refractivity contribution in [2.45, 2.75) is 50.9 Å². The van der Waals surface area contributed by atoms with Gasteiger partial charge < -0.3 is 24.3 Å². The number of aliphatic imine (C=N–C) groups is 1. The highest BCUT2D eigenvalue weighted by atomic mass is 16.5. The van der Waals surface area contributed by atoms with Crippen LogP contribution in [-0.4, -0.2) is 66.0 Å². The fourth-order valence-corrected chi connectivity index (χ4v) is 4.26. The first-order valence-electron chi connectivity index (χ1n) is 10.8. The zero-order valence-corrected chi connectivity index (χ0v) is 17.6. The monoisotopic (exact) mass is 399 g/mol. The topological polar surface area (TPSA) is 63.9 Å². The van der Waals surface area contributed by atoms with Crippen molar-refractivity contribution in [1.82, 2.24) is 19.8 Å². The number of hydrogen-bond acceptors (Lipinski definition) is 4. The van der Waals surface area contributed by atoms with E-state index in [2.05, 4.69) is 39.0 Å². The summed E-state index contributed by atoms with van der Waals surface area (Å²) in [5.41, 5.74) is 2.18. The van der Waals surface area contributed by atoms with Gasteiger partial charge in [0.25, 0.3) is 0 Å². The molecule has 0 radical (unpaired) electrons. The highest BCUT2D eigenvalue weighted by Crippen LogP contribution is 2.18. The van der Waals surface area contributed by atoms with E-state index in [0.29, 0.717) is 18.8 Å². The molecule has 4 rings (SSSR count). The van der Waals surface area contributed by atoms with Crippen molar-refractivity contribution in [3.05, 3.63) is 30.1 Å². The number of aryl methyl sites for hydroxylation is 1. The number of fused-ring (bicyclic) bond motifs is 1. The van der Waals surface area contributed by atoms with E-state index < -0.39 is 0 Å². The van der Waals surface area contributed by atoms with Gasteiger partial charge in [-0.25, -0.2) is 4.98 Å². The number of benzene rings is 1. The first kappa shape index (κ1) is 20.2. The van der Waals surface area contributed by atoms with E-state index in [4.69, 9.17) is 14.5 Å². The van der Waals surface area contributed by atoms with Gasteiger partial charge in [0.05, 0.1) is 36.4 Å². The molecular weight excluding hydrogens is 366 g/mol. The van der Waals surface area contributed by atoms with Gasteiger partial charge in [0.2, 0.25) is 0 Å². The van der Waals surface area contributed by atoms with Gasteiger partial charge >= 0.3 is 0 Å². The Morgan fingerprint density at radius 1 is 1.24 bits per heavy atom. The van der Waals surface area contributed by atoms with Gasteiger partial charge in [0.1, 0.15) is 5.82 Å². The van der Waals surface area contributed by atoms with Crippen molar-refractivity contribution in [2.24, 2.45) is 12.0 Å². The van der Waals surface area contributed by atoms with Crippen molar-refractivity contribution in [3.8, 4) is 0 Å². The van der Waals surface area contributed by atoms with Gasteiger partial charge in [-0.3, -0.25) is 4.99 Å². The first-order valence-corrected chi connectivity index (χ1v) is 10.8. The maximum absolute atomic E-state index is 6.14. The van der Waals surface area contributed by atoms with Crippen molar-refractivity contribution >= 4 is 17.0 Å². The highest BCUT2D eigenvalue weighted by Gasteiger charge is 2.24. The second-order valence-corrected chi connectivity index (χ2v) is 7.98. The van der Waals surface area contributed by atoms with E-state index >= 15 is 0 Å². The Bertz CT molecular complexity index is 820. The second kappa shape index (κ2) is 9.59. The van der Waals surface area contributed by atoms with Crippen LogP contribution in [0.2, 0.25) is 0 Å². The van der Waals surface area contributed by atoms with Crippen LogP contribution in [0.15, 0.2) is 29.3 Å². The average molecular weight is 400 g/mol. The largest absolute Gasteiger partial charge is 0.376 e. The maximum Gasteiger partial charge on any atom is 0.194 e. The van der Waals surface area contributed by atoms with E-state index in [1.165, 1.54) is 12.8 Å². The van der Waals surface area contributed by atoms with Crippen LogP contribution in [0, 0.1) is 0 Å². The molecule has 2 saturated heterocycles. The van der Waals surface area contributed by atoms with Crippen LogP contribution < -0.4 is 5.32 Å². The Morgan fingerprint density at radius 3 is 2.79 bits per heavy atom.